The van der Waals surface area contributed by atoms with Gasteiger partial charge in [-0.3, -0.25) is 4.79 Å². The highest BCUT2D eigenvalue weighted by molar-refractivity contribution is 9.10. The topological polar surface area (TPSA) is 67.8 Å². The Labute approximate surface area is 149 Å². The van der Waals surface area contributed by atoms with Crippen LogP contribution in [-0.2, 0) is 5.60 Å². The lowest BCUT2D eigenvalue weighted by atomic mass is 9.96. The molecule has 128 valence electrons. The van der Waals surface area contributed by atoms with E-state index in [2.05, 4.69) is 21.2 Å². The maximum atomic E-state index is 12.5. The van der Waals surface area contributed by atoms with E-state index in [-0.39, 0.29) is 12.5 Å². The minimum Gasteiger partial charge on any atom is -0.496 e. The smallest absolute Gasteiger partial charge is 0.258 e. The first-order valence-corrected chi connectivity index (χ1v) is 8.16. The third kappa shape index (κ3) is 4.07. The zero-order chi connectivity index (χ0) is 17.7. The number of hydrogen-bond donors (Lipinski definition) is 2. The number of halogens is 1. The predicted octanol–water partition coefficient (Wildman–Crippen LogP) is 3.10. The maximum absolute atomic E-state index is 12.5. The summed E-state index contributed by atoms with van der Waals surface area (Å²) < 4.78 is 11.4. The van der Waals surface area contributed by atoms with E-state index in [1.54, 1.807) is 37.3 Å². The molecule has 0 saturated carbocycles. The number of carbonyl (C=O) groups excluding carboxylic acids is 1. The molecule has 0 heterocycles. The van der Waals surface area contributed by atoms with Crippen molar-refractivity contribution in [1.82, 2.24) is 5.32 Å². The quantitative estimate of drug-likeness (QED) is 0.790. The van der Waals surface area contributed by atoms with Gasteiger partial charge in [-0.05, 0) is 36.8 Å². The van der Waals surface area contributed by atoms with E-state index in [9.17, 15) is 9.90 Å². The molecule has 0 aromatic heterocycles. The second-order valence-electron chi connectivity index (χ2n) is 5.50. The van der Waals surface area contributed by atoms with Gasteiger partial charge in [-0.2, -0.15) is 0 Å². The van der Waals surface area contributed by atoms with Gasteiger partial charge in [0.05, 0.1) is 20.8 Å². The second-order valence-corrected chi connectivity index (χ2v) is 6.42. The molecule has 1 unspecified atom stereocenters. The number of aliphatic hydroxyl groups is 1. The molecule has 0 saturated heterocycles. The molecule has 1 amide bonds. The van der Waals surface area contributed by atoms with E-state index < -0.39 is 5.60 Å². The molecule has 0 radical (unpaired) electrons. The van der Waals surface area contributed by atoms with Crippen LogP contribution in [0, 0.1) is 0 Å². The highest BCUT2D eigenvalue weighted by Crippen LogP contribution is 2.28. The number of benzene rings is 2. The number of amides is 1. The molecular weight excluding hydrogens is 374 g/mol. The van der Waals surface area contributed by atoms with Crippen molar-refractivity contribution in [3.8, 4) is 11.5 Å². The Morgan fingerprint density at radius 3 is 2.17 bits per heavy atom. The molecule has 2 aromatic carbocycles. The molecule has 6 heteroatoms. The lowest BCUT2D eigenvalue weighted by Crippen LogP contribution is -2.38. The van der Waals surface area contributed by atoms with Gasteiger partial charge in [0.15, 0.2) is 0 Å². The van der Waals surface area contributed by atoms with E-state index in [1.165, 1.54) is 14.2 Å². The summed E-state index contributed by atoms with van der Waals surface area (Å²) in [5.74, 6) is 0.451. The fraction of sp³-hybridized carbons (Fsp3) is 0.278. The van der Waals surface area contributed by atoms with Gasteiger partial charge in [0.2, 0.25) is 0 Å². The van der Waals surface area contributed by atoms with Gasteiger partial charge < -0.3 is 19.9 Å². The Hall–Kier alpha value is -2.05. The van der Waals surface area contributed by atoms with Gasteiger partial charge in [-0.15, -0.1) is 0 Å². The summed E-state index contributed by atoms with van der Waals surface area (Å²) in [5, 5.41) is 13.4. The van der Waals surface area contributed by atoms with Gasteiger partial charge in [0.25, 0.3) is 5.91 Å². The summed E-state index contributed by atoms with van der Waals surface area (Å²) in [4.78, 5) is 12.5. The van der Waals surface area contributed by atoms with E-state index in [0.717, 1.165) is 4.47 Å². The zero-order valence-corrected chi connectivity index (χ0v) is 15.4. The van der Waals surface area contributed by atoms with Gasteiger partial charge in [-0.1, -0.05) is 34.1 Å². The summed E-state index contributed by atoms with van der Waals surface area (Å²) in [6.45, 7) is 1.70. The first-order valence-electron chi connectivity index (χ1n) is 7.36. The lowest BCUT2D eigenvalue weighted by molar-refractivity contribution is 0.0524. The van der Waals surface area contributed by atoms with Crippen LogP contribution in [0.1, 0.15) is 22.8 Å². The Bertz CT molecular complexity index is 691. The van der Waals surface area contributed by atoms with Crippen molar-refractivity contribution >= 4 is 21.8 Å². The average Bonchev–Trinajstić information content (AvgIpc) is 2.59. The molecule has 0 aliphatic carbocycles. The molecule has 0 aliphatic rings. The standard InChI is InChI=1S/C18H20BrNO4/c1-18(22,12-7-9-13(19)10-8-12)11-20-17(21)16-14(23-2)5-4-6-15(16)24-3/h4-10,22H,11H2,1-3H3,(H,20,21). The molecule has 1 atom stereocenters. The second kappa shape index (κ2) is 7.68. The molecule has 5 nitrogen and oxygen atoms in total. The molecular formula is C18H20BrNO4. The molecule has 2 N–H and O–H groups in total. The van der Waals surface area contributed by atoms with Gasteiger partial charge in [-0.25, -0.2) is 0 Å². The van der Waals surface area contributed by atoms with Crippen molar-refractivity contribution in [1.29, 1.82) is 0 Å². The summed E-state index contributed by atoms with van der Waals surface area (Å²) >= 11 is 3.36. The summed E-state index contributed by atoms with van der Waals surface area (Å²) in [6, 6.07) is 12.4. The van der Waals surface area contributed by atoms with Crippen LogP contribution in [0.5, 0.6) is 11.5 Å². The maximum Gasteiger partial charge on any atom is 0.258 e. The number of nitrogens with one attached hydrogen (secondary N) is 1. The number of rotatable bonds is 6. The first kappa shape index (κ1) is 18.3. The van der Waals surface area contributed by atoms with Crippen molar-refractivity contribution in [3.05, 3.63) is 58.1 Å². The van der Waals surface area contributed by atoms with E-state index in [0.29, 0.717) is 22.6 Å². The summed E-state index contributed by atoms with van der Waals surface area (Å²) in [5.41, 5.74) is -0.196. The normalized spacial score (nSPS) is 13.0. The Kier molecular flexibility index (Phi) is 5.85. The van der Waals surface area contributed by atoms with Gasteiger partial charge >= 0.3 is 0 Å². The minimum absolute atomic E-state index is 0.0503. The molecule has 2 rings (SSSR count). The lowest BCUT2D eigenvalue weighted by Gasteiger charge is -2.24. The highest BCUT2D eigenvalue weighted by Gasteiger charge is 2.26. The van der Waals surface area contributed by atoms with Crippen LogP contribution < -0.4 is 14.8 Å². The van der Waals surface area contributed by atoms with Crippen LogP contribution in [0.3, 0.4) is 0 Å². The molecule has 0 aliphatic heterocycles. The molecule has 2 aromatic rings. The fourth-order valence-corrected chi connectivity index (χ4v) is 2.59. The Morgan fingerprint density at radius 2 is 1.67 bits per heavy atom. The number of ether oxygens (including phenoxy) is 2. The van der Waals surface area contributed by atoms with E-state index in [1.807, 2.05) is 12.1 Å². The summed E-state index contributed by atoms with van der Waals surface area (Å²) in [7, 11) is 2.98. The van der Waals surface area contributed by atoms with Gasteiger partial charge in [0.1, 0.15) is 22.7 Å². The average molecular weight is 394 g/mol. The Morgan fingerprint density at radius 1 is 1.12 bits per heavy atom. The van der Waals surface area contributed by atoms with Crippen molar-refractivity contribution in [2.24, 2.45) is 0 Å². The summed E-state index contributed by atoms with van der Waals surface area (Å²) in [6.07, 6.45) is 0. The van der Waals surface area contributed by atoms with Crippen molar-refractivity contribution in [3.63, 3.8) is 0 Å². The van der Waals surface area contributed by atoms with Crippen molar-refractivity contribution in [2.45, 2.75) is 12.5 Å². The molecule has 0 spiro atoms. The third-order valence-corrected chi connectivity index (χ3v) is 4.24. The number of hydrogen-bond acceptors (Lipinski definition) is 4. The van der Waals surface area contributed by atoms with Crippen LogP contribution >= 0.6 is 15.9 Å². The van der Waals surface area contributed by atoms with Crippen LogP contribution in [0.15, 0.2) is 46.9 Å². The SMILES string of the molecule is COc1cccc(OC)c1C(=O)NCC(C)(O)c1ccc(Br)cc1. The van der Waals surface area contributed by atoms with E-state index >= 15 is 0 Å². The zero-order valence-electron chi connectivity index (χ0n) is 13.8. The van der Waals surface area contributed by atoms with E-state index in [4.69, 9.17) is 9.47 Å². The van der Waals surface area contributed by atoms with Crippen molar-refractivity contribution in [2.75, 3.05) is 20.8 Å². The highest BCUT2D eigenvalue weighted by atomic mass is 79.9. The molecule has 0 bridgehead atoms. The molecule has 0 fully saturated rings. The monoisotopic (exact) mass is 393 g/mol. The third-order valence-electron chi connectivity index (χ3n) is 3.71. The Balaban J connectivity index is 2.17. The van der Waals surface area contributed by atoms with Crippen LogP contribution in [0.4, 0.5) is 0 Å². The first-order chi connectivity index (χ1) is 11.4. The predicted molar refractivity (Wildman–Crippen MR) is 95.6 cm³/mol. The molecule has 24 heavy (non-hydrogen) atoms. The van der Waals surface area contributed by atoms with Crippen LogP contribution in [0.2, 0.25) is 0 Å². The fourth-order valence-electron chi connectivity index (χ4n) is 2.33. The number of carbonyl (C=O) groups is 1. The van der Waals surface area contributed by atoms with Crippen molar-refractivity contribution < 1.29 is 19.4 Å². The van der Waals surface area contributed by atoms with Crippen LogP contribution in [-0.4, -0.2) is 31.8 Å². The number of methoxy groups -OCH3 is 2. The largest absolute Gasteiger partial charge is 0.496 e. The van der Waals surface area contributed by atoms with Gasteiger partial charge in [0, 0.05) is 4.47 Å². The van der Waals surface area contributed by atoms with Crippen LogP contribution in [0.25, 0.3) is 0 Å². The minimum atomic E-state index is -1.20.